The minimum absolute atomic E-state index is 0.148. The number of hydrogen-bond acceptors (Lipinski definition) is 3. The summed E-state index contributed by atoms with van der Waals surface area (Å²) in [6.07, 6.45) is 0. The molecular weight excluding hydrogens is 258 g/mol. The summed E-state index contributed by atoms with van der Waals surface area (Å²) < 4.78 is 0. The van der Waals surface area contributed by atoms with Gasteiger partial charge in [0.2, 0.25) is 0 Å². The van der Waals surface area contributed by atoms with Gasteiger partial charge in [0.25, 0.3) is 0 Å². The second-order valence-corrected chi connectivity index (χ2v) is 5.46. The SMILES string of the molecule is Cc1cccc(NC(C)c2ccc(N(C)C)cc2)c1C#N. The molecule has 3 nitrogen and oxygen atoms in total. The molecule has 2 aromatic carbocycles. The predicted molar refractivity (Wildman–Crippen MR) is 88.7 cm³/mol. The molecular formula is C18H21N3. The van der Waals surface area contributed by atoms with Gasteiger partial charge in [-0.15, -0.1) is 0 Å². The predicted octanol–water partition coefficient (Wildman–Crippen LogP) is 4.11. The van der Waals surface area contributed by atoms with Crippen molar-refractivity contribution in [1.29, 1.82) is 5.26 Å². The summed E-state index contributed by atoms with van der Waals surface area (Å²) in [6.45, 7) is 4.06. The zero-order valence-corrected chi connectivity index (χ0v) is 13.0. The highest BCUT2D eigenvalue weighted by molar-refractivity contribution is 5.61. The first-order valence-electron chi connectivity index (χ1n) is 7.06. The molecule has 0 radical (unpaired) electrons. The van der Waals surface area contributed by atoms with Gasteiger partial charge in [0.15, 0.2) is 0 Å². The van der Waals surface area contributed by atoms with Crippen molar-refractivity contribution in [2.45, 2.75) is 19.9 Å². The zero-order valence-electron chi connectivity index (χ0n) is 13.0. The number of aryl methyl sites for hydroxylation is 1. The second kappa shape index (κ2) is 6.32. The maximum Gasteiger partial charge on any atom is 0.102 e. The van der Waals surface area contributed by atoms with Crippen LogP contribution in [0.15, 0.2) is 42.5 Å². The van der Waals surface area contributed by atoms with Gasteiger partial charge < -0.3 is 10.2 Å². The molecule has 0 aliphatic rings. The number of nitrogens with one attached hydrogen (secondary N) is 1. The van der Waals surface area contributed by atoms with Crippen LogP contribution in [-0.2, 0) is 0 Å². The average Bonchev–Trinajstić information content (AvgIpc) is 2.47. The van der Waals surface area contributed by atoms with Crippen LogP contribution in [0.1, 0.15) is 29.7 Å². The van der Waals surface area contributed by atoms with Gasteiger partial charge in [-0.2, -0.15) is 5.26 Å². The van der Waals surface area contributed by atoms with Crippen molar-refractivity contribution in [3.8, 4) is 6.07 Å². The molecule has 0 fully saturated rings. The normalized spacial score (nSPS) is 11.6. The Morgan fingerprint density at radius 1 is 1.10 bits per heavy atom. The molecule has 1 N–H and O–H groups in total. The van der Waals surface area contributed by atoms with Gasteiger partial charge in [0, 0.05) is 25.8 Å². The average molecular weight is 279 g/mol. The molecule has 0 spiro atoms. The summed E-state index contributed by atoms with van der Waals surface area (Å²) in [6, 6.07) is 16.8. The molecule has 2 rings (SSSR count). The van der Waals surface area contributed by atoms with E-state index >= 15 is 0 Å². The molecule has 2 aromatic rings. The molecule has 0 aliphatic carbocycles. The van der Waals surface area contributed by atoms with Crippen LogP contribution in [-0.4, -0.2) is 14.1 Å². The zero-order chi connectivity index (χ0) is 15.4. The molecule has 0 aliphatic heterocycles. The Bertz CT molecular complexity index is 651. The Balaban J connectivity index is 2.20. The minimum atomic E-state index is 0.148. The lowest BCUT2D eigenvalue weighted by atomic mass is 10.0. The van der Waals surface area contributed by atoms with Crippen LogP contribution in [0.4, 0.5) is 11.4 Å². The Hall–Kier alpha value is -2.47. The number of anilines is 2. The number of nitriles is 1. The quantitative estimate of drug-likeness (QED) is 0.915. The summed E-state index contributed by atoms with van der Waals surface area (Å²) in [5, 5.41) is 12.7. The first kappa shape index (κ1) is 14.9. The second-order valence-electron chi connectivity index (χ2n) is 5.46. The molecule has 1 unspecified atom stereocenters. The standard InChI is InChI=1S/C18H21N3/c1-13-6-5-7-18(17(13)12-19)20-14(2)15-8-10-16(11-9-15)21(3)4/h5-11,14,20H,1-4H3. The highest BCUT2D eigenvalue weighted by atomic mass is 15.1. The molecule has 0 bridgehead atoms. The highest BCUT2D eigenvalue weighted by Crippen LogP contribution is 2.25. The summed E-state index contributed by atoms with van der Waals surface area (Å²) in [5.41, 5.74) is 4.99. The Morgan fingerprint density at radius 3 is 2.33 bits per heavy atom. The van der Waals surface area contributed by atoms with E-state index in [-0.39, 0.29) is 6.04 Å². The lowest BCUT2D eigenvalue weighted by Crippen LogP contribution is -2.10. The summed E-state index contributed by atoms with van der Waals surface area (Å²) in [4.78, 5) is 2.08. The van der Waals surface area contributed by atoms with Gasteiger partial charge in [-0.3, -0.25) is 0 Å². The number of rotatable bonds is 4. The van der Waals surface area contributed by atoms with E-state index in [1.54, 1.807) is 0 Å². The smallest absolute Gasteiger partial charge is 0.102 e. The molecule has 0 saturated carbocycles. The van der Waals surface area contributed by atoms with Crippen molar-refractivity contribution in [2.24, 2.45) is 0 Å². The largest absolute Gasteiger partial charge is 0.378 e. The van der Waals surface area contributed by atoms with Crippen molar-refractivity contribution in [3.05, 3.63) is 59.2 Å². The summed E-state index contributed by atoms with van der Waals surface area (Å²) >= 11 is 0. The van der Waals surface area contributed by atoms with E-state index in [2.05, 4.69) is 47.5 Å². The van der Waals surface area contributed by atoms with Crippen LogP contribution in [0.5, 0.6) is 0 Å². The van der Waals surface area contributed by atoms with Crippen molar-refractivity contribution >= 4 is 11.4 Å². The van der Waals surface area contributed by atoms with E-state index in [9.17, 15) is 5.26 Å². The lowest BCUT2D eigenvalue weighted by Gasteiger charge is -2.19. The van der Waals surface area contributed by atoms with Gasteiger partial charge in [0.05, 0.1) is 11.3 Å². The van der Waals surface area contributed by atoms with Crippen LogP contribution in [0.3, 0.4) is 0 Å². The molecule has 0 amide bonds. The summed E-state index contributed by atoms with van der Waals surface area (Å²) in [7, 11) is 4.06. The van der Waals surface area contributed by atoms with Crippen molar-refractivity contribution in [1.82, 2.24) is 0 Å². The fraction of sp³-hybridized carbons (Fsp3) is 0.278. The molecule has 0 heterocycles. The van der Waals surface area contributed by atoms with Crippen LogP contribution in [0, 0.1) is 18.3 Å². The minimum Gasteiger partial charge on any atom is -0.378 e. The van der Waals surface area contributed by atoms with Gasteiger partial charge in [-0.25, -0.2) is 0 Å². The van der Waals surface area contributed by atoms with Crippen LogP contribution in [0.2, 0.25) is 0 Å². The molecule has 3 heteroatoms. The molecule has 0 aromatic heterocycles. The third-order valence-corrected chi connectivity index (χ3v) is 3.67. The lowest BCUT2D eigenvalue weighted by molar-refractivity contribution is 0.883. The highest BCUT2D eigenvalue weighted by Gasteiger charge is 2.10. The number of hydrogen-bond donors (Lipinski definition) is 1. The maximum atomic E-state index is 9.28. The van der Waals surface area contributed by atoms with Gasteiger partial charge in [-0.05, 0) is 43.2 Å². The Labute approximate surface area is 126 Å². The fourth-order valence-corrected chi connectivity index (χ4v) is 2.31. The third-order valence-electron chi connectivity index (χ3n) is 3.67. The maximum absolute atomic E-state index is 9.28. The van der Waals surface area contributed by atoms with Gasteiger partial charge in [-0.1, -0.05) is 24.3 Å². The van der Waals surface area contributed by atoms with Crippen molar-refractivity contribution in [2.75, 3.05) is 24.3 Å². The molecule has 1 atom stereocenters. The van der Waals surface area contributed by atoms with E-state index in [4.69, 9.17) is 0 Å². The van der Waals surface area contributed by atoms with Crippen LogP contribution >= 0.6 is 0 Å². The van der Waals surface area contributed by atoms with E-state index in [1.165, 1.54) is 11.3 Å². The molecule has 21 heavy (non-hydrogen) atoms. The van der Waals surface area contributed by atoms with Crippen molar-refractivity contribution in [3.63, 3.8) is 0 Å². The van der Waals surface area contributed by atoms with Gasteiger partial charge in [0.1, 0.15) is 6.07 Å². The first-order valence-corrected chi connectivity index (χ1v) is 7.06. The Kier molecular flexibility index (Phi) is 4.49. The number of nitrogens with zero attached hydrogens (tertiary/aromatic N) is 2. The topological polar surface area (TPSA) is 39.1 Å². The van der Waals surface area contributed by atoms with Crippen LogP contribution in [0.25, 0.3) is 0 Å². The third kappa shape index (κ3) is 3.35. The summed E-state index contributed by atoms with van der Waals surface area (Å²) in [5.74, 6) is 0. The van der Waals surface area contributed by atoms with Gasteiger partial charge >= 0.3 is 0 Å². The fourth-order valence-electron chi connectivity index (χ4n) is 2.31. The van der Waals surface area contributed by atoms with Crippen molar-refractivity contribution < 1.29 is 0 Å². The first-order chi connectivity index (χ1) is 10.0. The monoisotopic (exact) mass is 279 g/mol. The van der Waals surface area contributed by atoms with E-state index in [0.29, 0.717) is 5.56 Å². The van der Waals surface area contributed by atoms with E-state index in [0.717, 1.165) is 11.3 Å². The molecule has 0 saturated heterocycles. The van der Waals surface area contributed by atoms with E-state index < -0.39 is 0 Å². The Morgan fingerprint density at radius 2 is 1.76 bits per heavy atom. The molecule has 108 valence electrons. The van der Waals surface area contributed by atoms with E-state index in [1.807, 2.05) is 39.2 Å². The number of benzene rings is 2. The van der Waals surface area contributed by atoms with Crippen LogP contribution < -0.4 is 10.2 Å².